The predicted molar refractivity (Wildman–Crippen MR) is 62.6 cm³/mol. The van der Waals surface area contributed by atoms with E-state index in [1.165, 1.54) is 23.2 Å². The molecule has 1 saturated heterocycles. The molecule has 0 aromatic carbocycles. The van der Waals surface area contributed by atoms with Crippen LogP contribution in [0.25, 0.3) is 0 Å². The van der Waals surface area contributed by atoms with Gasteiger partial charge in [0.2, 0.25) is 0 Å². The molecule has 0 aliphatic carbocycles. The van der Waals surface area contributed by atoms with E-state index in [1.54, 1.807) is 0 Å². The number of rotatable bonds is 3. The SMILES string of the molecule is O=C(c1cccnc1SC(F)F)N1CC[C@H](O)C1. The topological polar surface area (TPSA) is 53.4 Å². The molecule has 1 N–H and O–H groups in total. The fraction of sp³-hybridized carbons (Fsp3) is 0.455. The summed E-state index contributed by atoms with van der Waals surface area (Å²) in [6.07, 6.45) is 1.36. The van der Waals surface area contributed by atoms with Gasteiger partial charge in [-0.1, -0.05) is 0 Å². The lowest BCUT2D eigenvalue weighted by atomic mass is 10.2. The Bertz CT molecular complexity index is 445. The highest BCUT2D eigenvalue weighted by Crippen LogP contribution is 2.27. The van der Waals surface area contributed by atoms with Crippen molar-refractivity contribution in [3.63, 3.8) is 0 Å². The van der Waals surface area contributed by atoms with E-state index in [-0.39, 0.29) is 34.8 Å². The van der Waals surface area contributed by atoms with Crippen LogP contribution in [0.2, 0.25) is 0 Å². The highest BCUT2D eigenvalue weighted by Gasteiger charge is 2.27. The molecule has 1 fully saturated rings. The highest BCUT2D eigenvalue weighted by molar-refractivity contribution is 7.99. The second-order valence-electron chi connectivity index (χ2n) is 3.93. The van der Waals surface area contributed by atoms with E-state index in [9.17, 15) is 18.7 Å². The van der Waals surface area contributed by atoms with Gasteiger partial charge in [0.05, 0.1) is 11.7 Å². The van der Waals surface area contributed by atoms with Crippen molar-refractivity contribution in [1.82, 2.24) is 9.88 Å². The number of amides is 1. The molecule has 98 valence electrons. The summed E-state index contributed by atoms with van der Waals surface area (Å²) in [5.74, 6) is -2.97. The number of hydrogen-bond acceptors (Lipinski definition) is 4. The molecule has 1 aromatic heterocycles. The summed E-state index contributed by atoms with van der Waals surface area (Å²) in [6.45, 7) is 0.681. The van der Waals surface area contributed by atoms with Crippen molar-refractivity contribution in [3.8, 4) is 0 Å². The molecule has 0 bridgehead atoms. The number of pyridine rings is 1. The number of halogens is 2. The van der Waals surface area contributed by atoms with Gasteiger partial charge >= 0.3 is 0 Å². The maximum atomic E-state index is 12.4. The summed E-state index contributed by atoms with van der Waals surface area (Å²) in [6, 6.07) is 3.01. The second-order valence-corrected chi connectivity index (χ2v) is 4.91. The zero-order chi connectivity index (χ0) is 13.1. The van der Waals surface area contributed by atoms with Gasteiger partial charge in [-0.25, -0.2) is 4.98 Å². The zero-order valence-electron chi connectivity index (χ0n) is 9.42. The third kappa shape index (κ3) is 2.97. The Balaban J connectivity index is 2.19. The summed E-state index contributed by atoms with van der Waals surface area (Å²) >= 11 is 0.259. The number of alkyl halides is 2. The number of nitrogens with zero attached hydrogens (tertiary/aromatic N) is 2. The highest BCUT2D eigenvalue weighted by atomic mass is 32.2. The molecule has 1 aliphatic rings. The molecule has 4 nitrogen and oxygen atoms in total. The van der Waals surface area contributed by atoms with Gasteiger partial charge in [-0.15, -0.1) is 0 Å². The summed E-state index contributed by atoms with van der Waals surface area (Å²) in [7, 11) is 0. The molecule has 0 saturated carbocycles. The van der Waals surface area contributed by atoms with Gasteiger partial charge < -0.3 is 10.0 Å². The first kappa shape index (κ1) is 13.2. The molecular formula is C11H12F2N2O2S. The number of aliphatic hydroxyl groups is 1. The molecule has 1 aliphatic heterocycles. The van der Waals surface area contributed by atoms with Crippen molar-refractivity contribution in [2.75, 3.05) is 13.1 Å². The molecule has 1 atom stereocenters. The predicted octanol–water partition coefficient (Wildman–Crippen LogP) is 1.60. The zero-order valence-corrected chi connectivity index (χ0v) is 10.2. The Morgan fingerprint density at radius 3 is 3.00 bits per heavy atom. The summed E-state index contributed by atoms with van der Waals surface area (Å²) < 4.78 is 24.7. The van der Waals surface area contributed by atoms with Crippen molar-refractivity contribution in [3.05, 3.63) is 23.9 Å². The molecular weight excluding hydrogens is 262 g/mol. The third-order valence-electron chi connectivity index (χ3n) is 2.65. The quantitative estimate of drug-likeness (QED) is 0.851. The Kier molecular flexibility index (Phi) is 4.13. The molecule has 2 heterocycles. The van der Waals surface area contributed by atoms with E-state index < -0.39 is 11.9 Å². The van der Waals surface area contributed by atoms with E-state index in [0.717, 1.165) is 0 Å². The van der Waals surface area contributed by atoms with Crippen LogP contribution in [0.15, 0.2) is 23.4 Å². The monoisotopic (exact) mass is 274 g/mol. The fourth-order valence-electron chi connectivity index (χ4n) is 1.83. The van der Waals surface area contributed by atoms with Crippen molar-refractivity contribution >= 4 is 17.7 Å². The number of aromatic nitrogens is 1. The third-order valence-corrected chi connectivity index (χ3v) is 3.38. The molecule has 0 spiro atoms. The van der Waals surface area contributed by atoms with E-state index in [0.29, 0.717) is 13.0 Å². The largest absolute Gasteiger partial charge is 0.391 e. The van der Waals surface area contributed by atoms with Crippen LogP contribution in [-0.4, -0.2) is 45.8 Å². The standard InChI is InChI=1S/C11H12F2N2O2S/c12-11(13)18-9-8(2-1-4-14-9)10(17)15-5-3-7(16)6-15/h1-2,4,7,11,16H,3,5-6H2/t7-/m0/s1. The van der Waals surface area contributed by atoms with Crippen LogP contribution in [0.4, 0.5) is 8.78 Å². The molecule has 2 rings (SSSR count). The first-order chi connectivity index (χ1) is 8.58. The number of carbonyl (C=O) groups is 1. The van der Waals surface area contributed by atoms with E-state index >= 15 is 0 Å². The maximum Gasteiger partial charge on any atom is 0.290 e. The molecule has 1 aromatic rings. The summed E-state index contributed by atoms with van der Waals surface area (Å²) in [4.78, 5) is 17.4. The molecule has 1 amide bonds. The van der Waals surface area contributed by atoms with Crippen LogP contribution in [0, 0.1) is 0 Å². The number of aliphatic hydroxyl groups excluding tert-OH is 1. The maximum absolute atomic E-state index is 12.4. The smallest absolute Gasteiger partial charge is 0.290 e. The number of β-amino-alcohol motifs (C(OH)–C–C–N with tert-alkyl or cyclic N) is 1. The van der Waals surface area contributed by atoms with Crippen LogP contribution in [0.3, 0.4) is 0 Å². The Morgan fingerprint density at radius 2 is 2.39 bits per heavy atom. The first-order valence-electron chi connectivity index (χ1n) is 5.45. The van der Waals surface area contributed by atoms with Gasteiger partial charge in [0.25, 0.3) is 11.7 Å². The lowest BCUT2D eigenvalue weighted by molar-refractivity contribution is 0.0760. The van der Waals surface area contributed by atoms with Crippen molar-refractivity contribution in [2.45, 2.75) is 23.3 Å². The van der Waals surface area contributed by atoms with Gasteiger partial charge in [0.1, 0.15) is 5.03 Å². The number of hydrogen-bond donors (Lipinski definition) is 1. The Hall–Kier alpha value is -1.21. The van der Waals surface area contributed by atoms with Gasteiger partial charge in [0, 0.05) is 19.3 Å². The number of likely N-dealkylation sites (tertiary alicyclic amines) is 1. The average Bonchev–Trinajstić information content (AvgIpc) is 2.75. The second kappa shape index (κ2) is 5.62. The van der Waals surface area contributed by atoms with Crippen LogP contribution < -0.4 is 0 Å². The Morgan fingerprint density at radius 1 is 1.61 bits per heavy atom. The minimum Gasteiger partial charge on any atom is -0.391 e. The van der Waals surface area contributed by atoms with Crippen molar-refractivity contribution < 1.29 is 18.7 Å². The van der Waals surface area contributed by atoms with Crippen LogP contribution in [0.5, 0.6) is 0 Å². The van der Waals surface area contributed by atoms with Gasteiger partial charge in [-0.05, 0) is 30.3 Å². The lowest BCUT2D eigenvalue weighted by Crippen LogP contribution is -2.30. The van der Waals surface area contributed by atoms with Gasteiger partial charge in [0.15, 0.2) is 0 Å². The molecule has 0 radical (unpaired) electrons. The minimum absolute atomic E-state index is 0.0267. The number of thioether (sulfide) groups is 1. The Labute approximate surface area is 107 Å². The van der Waals surface area contributed by atoms with Gasteiger partial charge in [-0.3, -0.25) is 4.79 Å². The van der Waals surface area contributed by atoms with E-state index in [4.69, 9.17) is 0 Å². The number of carbonyl (C=O) groups excluding carboxylic acids is 1. The first-order valence-corrected chi connectivity index (χ1v) is 6.33. The van der Waals surface area contributed by atoms with Crippen LogP contribution >= 0.6 is 11.8 Å². The average molecular weight is 274 g/mol. The fourth-order valence-corrected chi connectivity index (χ4v) is 2.40. The molecule has 0 unspecified atom stereocenters. The van der Waals surface area contributed by atoms with E-state index in [2.05, 4.69) is 4.98 Å². The van der Waals surface area contributed by atoms with Crippen molar-refractivity contribution in [2.24, 2.45) is 0 Å². The molecule has 18 heavy (non-hydrogen) atoms. The summed E-state index contributed by atoms with van der Waals surface area (Å²) in [5.41, 5.74) is 0.164. The lowest BCUT2D eigenvalue weighted by Gasteiger charge is -2.16. The van der Waals surface area contributed by atoms with Gasteiger partial charge in [-0.2, -0.15) is 8.78 Å². The van der Waals surface area contributed by atoms with Crippen LogP contribution in [0.1, 0.15) is 16.8 Å². The van der Waals surface area contributed by atoms with Crippen molar-refractivity contribution in [1.29, 1.82) is 0 Å². The summed E-state index contributed by atoms with van der Waals surface area (Å²) in [5, 5.41) is 9.40. The van der Waals surface area contributed by atoms with Crippen LogP contribution in [-0.2, 0) is 0 Å². The molecule has 7 heteroatoms. The minimum atomic E-state index is -2.62. The normalized spacial score (nSPS) is 19.6. The van der Waals surface area contributed by atoms with E-state index in [1.807, 2.05) is 0 Å².